The predicted molar refractivity (Wildman–Crippen MR) is 94.8 cm³/mol. The lowest BCUT2D eigenvalue weighted by Crippen LogP contribution is -2.00. The number of hydrogen-bond donors (Lipinski definition) is 2. The van der Waals surface area contributed by atoms with Crippen molar-refractivity contribution in [2.75, 3.05) is 18.2 Å². The Labute approximate surface area is 141 Å². The van der Waals surface area contributed by atoms with Crippen molar-refractivity contribution in [1.29, 1.82) is 5.26 Å². The van der Waals surface area contributed by atoms with E-state index in [0.29, 0.717) is 28.2 Å². The van der Waals surface area contributed by atoms with E-state index in [2.05, 4.69) is 32.3 Å². The molecule has 3 N–H and O–H groups in total. The lowest BCUT2D eigenvalue weighted by molar-refractivity contribution is 0.417. The minimum atomic E-state index is 0.446. The molecule has 3 aromatic rings. The summed E-state index contributed by atoms with van der Waals surface area (Å²) in [7, 11) is 1.56. The second-order valence-electron chi connectivity index (χ2n) is 4.87. The molecule has 0 spiro atoms. The highest BCUT2D eigenvalue weighted by molar-refractivity contribution is 9.10. The number of nitrogen functional groups attached to an aromatic ring is 1. The molecule has 3 rings (SSSR count). The van der Waals surface area contributed by atoms with Crippen molar-refractivity contribution in [1.82, 2.24) is 4.98 Å². The molecule has 0 radical (unpaired) electrons. The summed E-state index contributed by atoms with van der Waals surface area (Å²) in [6.07, 6.45) is 1.51. The Morgan fingerprint density at radius 2 is 2.13 bits per heavy atom. The molecule has 0 atom stereocenters. The largest absolute Gasteiger partial charge is 0.495 e. The molecule has 0 unspecified atom stereocenters. The lowest BCUT2D eigenvalue weighted by Gasteiger charge is -2.14. The zero-order valence-corrected chi connectivity index (χ0v) is 13.9. The number of pyridine rings is 1. The maximum absolute atomic E-state index is 9.39. The van der Waals surface area contributed by atoms with E-state index in [0.717, 1.165) is 15.5 Å². The Kier molecular flexibility index (Phi) is 4.04. The molecule has 0 aliphatic heterocycles. The molecule has 6 heteroatoms. The summed E-state index contributed by atoms with van der Waals surface area (Å²) in [4.78, 5) is 4.30. The number of rotatable bonds is 3. The summed E-state index contributed by atoms with van der Waals surface area (Å²) in [6.45, 7) is 0. The van der Waals surface area contributed by atoms with Crippen LogP contribution in [0.5, 0.6) is 5.75 Å². The first kappa shape index (κ1) is 15.1. The fourth-order valence-corrected chi connectivity index (χ4v) is 2.78. The summed E-state index contributed by atoms with van der Waals surface area (Å²) >= 11 is 3.44. The monoisotopic (exact) mass is 368 g/mol. The number of methoxy groups -OCH3 is 1. The third-order valence-corrected chi connectivity index (χ3v) is 3.97. The van der Waals surface area contributed by atoms with Gasteiger partial charge in [-0.25, -0.2) is 0 Å². The van der Waals surface area contributed by atoms with Crippen LogP contribution < -0.4 is 15.8 Å². The number of nitriles is 1. The van der Waals surface area contributed by atoms with Gasteiger partial charge in [0, 0.05) is 21.7 Å². The lowest BCUT2D eigenvalue weighted by atomic mass is 10.1. The summed E-state index contributed by atoms with van der Waals surface area (Å²) in [5, 5.41) is 13.4. The topological polar surface area (TPSA) is 84.0 Å². The standard InChI is InChI=1S/C17H13BrN4O/c1-23-14-6-5-13-16(22-12-4-2-3-11(18)7-12)10(8-19)9-21-17(13)15(14)20/h2-7,9H,20H2,1H3,(H,21,22). The zero-order chi connectivity index (χ0) is 16.4. The molecule has 0 saturated carbocycles. The fraction of sp³-hybridized carbons (Fsp3) is 0.0588. The summed E-state index contributed by atoms with van der Waals surface area (Å²) in [6, 6.07) is 13.5. The van der Waals surface area contributed by atoms with Gasteiger partial charge in [-0.3, -0.25) is 4.98 Å². The highest BCUT2D eigenvalue weighted by Crippen LogP contribution is 2.35. The van der Waals surface area contributed by atoms with Crippen LogP contribution in [0.2, 0.25) is 0 Å². The second kappa shape index (κ2) is 6.15. The van der Waals surface area contributed by atoms with Gasteiger partial charge in [0.15, 0.2) is 0 Å². The van der Waals surface area contributed by atoms with Gasteiger partial charge < -0.3 is 15.8 Å². The summed E-state index contributed by atoms with van der Waals surface area (Å²) in [5.41, 5.74) is 9.13. The van der Waals surface area contributed by atoms with E-state index in [1.807, 2.05) is 30.3 Å². The maximum atomic E-state index is 9.39. The van der Waals surface area contributed by atoms with Crippen LogP contribution in [0.15, 0.2) is 47.1 Å². The van der Waals surface area contributed by atoms with Gasteiger partial charge in [0.05, 0.1) is 23.9 Å². The van der Waals surface area contributed by atoms with Crippen molar-refractivity contribution in [3.63, 3.8) is 0 Å². The number of anilines is 3. The van der Waals surface area contributed by atoms with Gasteiger partial charge in [-0.2, -0.15) is 5.26 Å². The Bertz CT molecular complexity index is 934. The zero-order valence-electron chi connectivity index (χ0n) is 12.3. The minimum absolute atomic E-state index is 0.446. The molecule has 114 valence electrons. The molecule has 0 saturated heterocycles. The van der Waals surface area contributed by atoms with E-state index >= 15 is 0 Å². The quantitative estimate of drug-likeness (QED) is 0.676. The molecular weight excluding hydrogens is 356 g/mol. The Morgan fingerprint density at radius 3 is 2.83 bits per heavy atom. The van der Waals surface area contributed by atoms with Gasteiger partial charge in [0.25, 0.3) is 0 Å². The smallest absolute Gasteiger partial charge is 0.144 e. The van der Waals surface area contributed by atoms with Crippen molar-refractivity contribution < 1.29 is 4.74 Å². The number of hydrogen-bond acceptors (Lipinski definition) is 5. The number of nitrogens with one attached hydrogen (secondary N) is 1. The number of halogens is 1. The molecule has 0 aliphatic carbocycles. The van der Waals surface area contributed by atoms with Crippen LogP contribution in [-0.2, 0) is 0 Å². The fourth-order valence-electron chi connectivity index (χ4n) is 2.38. The number of fused-ring (bicyclic) bond motifs is 1. The van der Waals surface area contributed by atoms with Gasteiger partial charge in [-0.05, 0) is 30.3 Å². The van der Waals surface area contributed by atoms with E-state index in [1.165, 1.54) is 6.20 Å². The first-order valence-corrected chi connectivity index (χ1v) is 7.61. The van der Waals surface area contributed by atoms with Crippen LogP contribution in [0.4, 0.5) is 17.1 Å². The first-order chi connectivity index (χ1) is 11.1. The highest BCUT2D eigenvalue weighted by atomic mass is 79.9. The first-order valence-electron chi connectivity index (χ1n) is 6.82. The highest BCUT2D eigenvalue weighted by Gasteiger charge is 2.13. The number of nitrogens with zero attached hydrogens (tertiary/aromatic N) is 2. The van der Waals surface area contributed by atoms with Gasteiger partial charge in [-0.1, -0.05) is 22.0 Å². The summed E-state index contributed by atoms with van der Waals surface area (Å²) in [5.74, 6) is 0.558. The van der Waals surface area contributed by atoms with E-state index in [1.54, 1.807) is 13.2 Å². The van der Waals surface area contributed by atoms with E-state index < -0.39 is 0 Å². The number of nitrogens with two attached hydrogens (primary N) is 1. The van der Waals surface area contributed by atoms with Crippen LogP contribution >= 0.6 is 15.9 Å². The van der Waals surface area contributed by atoms with Crippen LogP contribution in [0.25, 0.3) is 10.9 Å². The normalized spacial score (nSPS) is 10.3. The van der Waals surface area contributed by atoms with Crippen molar-refractivity contribution in [2.24, 2.45) is 0 Å². The SMILES string of the molecule is COc1ccc2c(Nc3cccc(Br)c3)c(C#N)cnc2c1N. The minimum Gasteiger partial charge on any atom is -0.495 e. The molecule has 2 aromatic carbocycles. The van der Waals surface area contributed by atoms with Crippen molar-refractivity contribution in [3.05, 3.63) is 52.6 Å². The van der Waals surface area contributed by atoms with Crippen molar-refractivity contribution in [3.8, 4) is 11.8 Å². The van der Waals surface area contributed by atoms with Crippen molar-refractivity contribution >= 4 is 43.9 Å². The number of aromatic nitrogens is 1. The third kappa shape index (κ3) is 2.79. The predicted octanol–water partition coefficient (Wildman–Crippen LogP) is 4.20. The van der Waals surface area contributed by atoms with Gasteiger partial charge >= 0.3 is 0 Å². The average molecular weight is 369 g/mol. The molecule has 0 aliphatic rings. The molecule has 1 heterocycles. The molecule has 0 amide bonds. The van der Waals surface area contributed by atoms with E-state index in [9.17, 15) is 5.26 Å². The molecule has 0 bridgehead atoms. The Morgan fingerprint density at radius 1 is 1.30 bits per heavy atom. The second-order valence-corrected chi connectivity index (χ2v) is 5.79. The summed E-state index contributed by atoms with van der Waals surface area (Å²) < 4.78 is 6.17. The number of ether oxygens (including phenoxy) is 1. The van der Waals surface area contributed by atoms with Gasteiger partial charge in [-0.15, -0.1) is 0 Å². The van der Waals surface area contributed by atoms with Gasteiger partial charge in [0.1, 0.15) is 17.5 Å². The molecule has 23 heavy (non-hydrogen) atoms. The number of benzene rings is 2. The Balaban J connectivity index is 2.21. The van der Waals surface area contributed by atoms with E-state index in [-0.39, 0.29) is 0 Å². The molecule has 0 fully saturated rings. The molecule has 1 aromatic heterocycles. The maximum Gasteiger partial charge on any atom is 0.144 e. The third-order valence-electron chi connectivity index (χ3n) is 3.47. The average Bonchev–Trinajstić information content (AvgIpc) is 2.56. The molecule has 5 nitrogen and oxygen atoms in total. The van der Waals surface area contributed by atoms with Crippen LogP contribution in [0.3, 0.4) is 0 Å². The van der Waals surface area contributed by atoms with Crippen molar-refractivity contribution in [2.45, 2.75) is 0 Å². The van der Waals surface area contributed by atoms with Crippen LogP contribution in [0, 0.1) is 11.3 Å². The van der Waals surface area contributed by atoms with Crippen LogP contribution in [-0.4, -0.2) is 12.1 Å². The van der Waals surface area contributed by atoms with E-state index in [4.69, 9.17) is 10.5 Å². The Hall–Kier alpha value is -2.78. The molecular formula is C17H13BrN4O. The van der Waals surface area contributed by atoms with Crippen LogP contribution in [0.1, 0.15) is 5.56 Å². The van der Waals surface area contributed by atoms with Gasteiger partial charge in [0.2, 0.25) is 0 Å².